The Morgan fingerprint density at radius 2 is 1.67 bits per heavy atom. The highest BCUT2D eigenvalue weighted by Gasteiger charge is 2.09. The van der Waals surface area contributed by atoms with Crippen LogP contribution in [0.2, 0.25) is 0 Å². The minimum absolute atomic E-state index is 0.379. The van der Waals surface area contributed by atoms with E-state index in [1.54, 1.807) is 12.1 Å². The summed E-state index contributed by atoms with van der Waals surface area (Å²) in [6.45, 7) is 8.49. The number of unbranched alkanes of at least 4 members (excludes halogenated alkanes) is 1. The molecule has 1 aromatic carbocycles. The van der Waals surface area contributed by atoms with Crippen molar-refractivity contribution in [2.45, 2.75) is 53.4 Å². The highest BCUT2D eigenvalue weighted by atomic mass is 16.5. The maximum atomic E-state index is 11.8. The fourth-order valence-electron chi connectivity index (χ4n) is 2.42. The monoisotopic (exact) mass is 332 g/mol. The third-order valence-corrected chi connectivity index (χ3v) is 3.77. The number of ether oxygens (including phenoxy) is 2. The van der Waals surface area contributed by atoms with Crippen LogP contribution in [0, 0.1) is 19.8 Å². The molecular formula is C20H28O4. The molecule has 132 valence electrons. The Morgan fingerprint density at radius 1 is 1.04 bits per heavy atom. The maximum absolute atomic E-state index is 11.8. The second-order valence-electron chi connectivity index (χ2n) is 6.12. The van der Waals surface area contributed by atoms with E-state index >= 15 is 0 Å². The van der Waals surface area contributed by atoms with Crippen molar-refractivity contribution in [3.8, 4) is 5.75 Å². The molecule has 4 nitrogen and oxygen atoms in total. The molecule has 0 fully saturated rings. The van der Waals surface area contributed by atoms with Gasteiger partial charge in [0.2, 0.25) is 0 Å². The number of esters is 2. The van der Waals surface area contributed by atoms with E-state index in [-0.39, 0.29) is 0 Å². The number of rotatable bonds is 9. The van der Waals surface area contributed by atoms with Gasteiger partial charge in [-0.2, -0.15) is 0 Å². The summed E-state index contributed by atoms with van der Waals surface area (Å²) >= 11 is 0. The second kappa shape index (κ2) is 10.6. The number of hydrogen-bond donors (Lipinski definition) is 0. The maximum Gasteiger partial charge on any atom is 0.336 e. The summed E-state index contributed by atoms with van der Waals surface area (Å²) in [7, 11) is 0. The lowest BCUT2D eigenvalue weighted by atomic mass is 10.0. The average molecular weight is 332 g/mol. The van der Waals surface area contributed by atoms with Crippen LogP contribution in [0.4, 0.5) is 0 Å². The summed E-state index contributed by atoms with van der Waals surface area (Å²) in [5.74, 6) is -0.247. The van der Waals surface area contributed by atoms with Crippen molar-refractivity contribution < 1.29 is 19.1 Å². The number of hydrogen-bond acceptors (Lipinski definition) is 4. The van der Waals surface area contributed by atoms with Gasteiger partial charge >= 0.3 is 11.9 Å². The smallest absolute Gasteiger partial charge is 0.336 e. The van der Waals surface area contributed by atoms with Gasteiger partial charge in [0, 0.05) is 12.2 Å². The summed E-state index contributed by atoms with van der Waals surface area (Å²) in [6.07, 6.45) is 6.53. The van der Waals surface area contributed by atoms with Crippen LogP contribution >= 0.6 is 0 Å². The number of benzene rings is 1. The van der Waals surface area contributed by atoms with Crippen molar-refractivity contribution in [1.82, 2.24) is 0 Å². The summed E-state index contributed by atoms with van der Waals surface area (Å²) in [4.78, 5) is 23.4. The number of aryl methyl sites for hydroxylation is 2. The van der Waals surface area contributed by atoms with Crippen LogP contribution < -0.4 is 4.74 Å². The zero-order valence-electron chi connectivity index (χ0n) is 15.1. The van der Waals surface area contributed by atoms with Crippen LogP contribution in [0.25, 0.3) is 0 Å². The molecule has 0 radical (unpaired) electrons. The zero-order chi connectivity index (χ0) is 17.9. The quantitative estimate of drug-likeness (QED) is 0.379. The van der Waals surface area contributed by atoms with Gasteiger partial charge < -0.3 is 9.47 Å². The molecule has 24 heavy (non-hydrogen) atoms. The predicted octanol–water partition coefficient (Wildman–Crippen LogP) is 4.52. The Balaban J connectivity index is 2.43. The van der Waals surface area contributed by atoms with Crippen molar-refractivity contribution in [3.63, 3.8) is 0 Å². The van der Waals surface area contributed by atoms with Crippen molar-refractivity contribution in [2.24, 2.45) is 5.92 Å². The van der Waals surface area contributed by atoms with Gasteiger partial charge in [-0.25, -0.2) is 9.59 Å². The molecule has 0 bridgehead atoms. The van der Waals surface area contributed by atoms with Gasteiger partial charge in [0.05, 0.1) is 6.61 Å². The highest BCUT2D eigenvalue weighted by molar-refractivity contribution is 5.92. The molecule has 0 aliphatic heterocycles. The van der Waals surface area contributed by atoms with E-state index in [0.717, 1.165) is 49.0 Å². The number of carbonyl (C=O) groups excluding carboxylic acids is 2. The Labute approximate surface area is 144 Å². The minimum atomic E-state index is -0.588. The van der Waals surface area contributed by atoms with Crippen molar-refractivity contribution >= 4 is 11.9 Å². The van der Waals surface area contributed by atoms with Crippen molar-refractivity contribution in [3.05, 3.63) is 41.5 Å². The molecule has 0 spiro atoms. The van der Waals surface area contributed by atoms with Gasteiger partial charge in [0.15, 0.2) is 0 Å². The first-order valence-corrected chi connectivity index (χ1v) is 8.59. The molecule has 0 aromatic heterocycles. The number of carbonyl (C=O) groups is 2. The largest absolute Gasteiger partial charge is 0.462 e. The minimum Gasteiger partial charge on any atom is -0.462 e. The van der Waals surface area contributed by atoms with E-state index < -0.39 is 11.9 Å². The van der Waals surface area contributed by atoms with E-state index in [4.69, 9.17) is 9.47 Å². The molecule has 1 rings (SSSR count). The SMILES string of the molecule is CCCCC(CC)COC(=O)/C=C/C(=O)Oc1cc(C)cc(C)c1. The van der Waals surface area contributed by atoms with Crippen LogP contribution in [-0.2, 0) is 14.3 Å². The standard InChI is InChI=1S/C20H28O4/c1-5-7-8-17(6-2)14-23-19(21)9-10-20(22)24-18-12-15(3)11-16(4)13-18/h9-13,17H,5-8,14H2,1-4H3/b10-9+. The van der Waals surface area contributed by atoms with E-state index in [1.807, 2.05) is 19.9 Å². The molecule has 0 amide bonds. The Hall–Kier alpha value is -2.10. The fraction of sp³-hybridized carbons (Fsp3) is 0.500. The lowest BCUT2D eigenvalue weighted by Gasteiger charge is -2.13. The van der Waals surface area contributed by atoms with Gasteiger partial charge in [-0.15, -0.1) is 0 Å². The molecule has 0 saturated carbocycles. The molecule has 0 saturated heterocycles. The van der Waals surface area contributed by atoms with E-state index in [2.05, 4.69) is 13.8 Å². The van der Waals surface area contributed by atoms with Crippen LogP contribution in [0.1, 0.15) is 50.7 Å². The molecule has 1 aromatic rings. The first kappa shape index (κ1) is 19.9. The summed E-state index contributed by atoms with van der Waals surface area (Å²) < 4.78 is 10.4. The van der Waals surface area contributed by atoms with E-state index in [0.29, 0.717) is 18.3 Å². The van der Waals surface area contributed by atoms with Crippen molar-refractivity contribution in [2.75, 3.05) is 6.61 Å². The zero-order valence-corrected chi connectivity index (χ0v) is 15.1. The Morgan fingerprint density at radius 3 is 2.25 bits per heavy atom. The predicted molar refractivity (Wildman–Crippen MR) is 95.0 cm³/mol. The third-order valence-electron chi connectivity index (χ3n) is 3.77. The molecule has 1 unspecified atom stereocenters. The van der Waals surface area contributed by atoms with Gasteiger partial charge in [0.25, 0.3) is 0 Å². The van der Waals surface area contributed by atoms with Crippen LogP contribution in [0.5, 0.6) is 5.75 Å². The molecule has 4 heteroatoms. The van der Waals surface area contributed by atoms with Gasteiger partial charge in [-0.1, -0.05) is 39.2 Å². The summed E-state index contributed by atoms with van der Waals surface area (Å²) in [5, 5.41) is 0. The summed E-state index contributed by atoms with van der Waals surface area (Å²) in [6, 6.07) is 5.54. The first-order valence-electron chi connectivity index (χ1n) is 8.59. The third kappa shape index (κ3) is 7.95. The van der Waals surface area contributed by atoms with Gasteiger partial charge in [-0.05, 0) is 49.4 Å². The molecule has 0 heterocycles. The second-order valence-corrected chi connectivity index (χ2v) is 6.12. The van der Waals surface area contributed by atoms with E-state index in [9.17, 15) is 9.59 Å². The Kier molecular flexibility index (Phi) is 8.84. The normalized spacial score (nSPS) is 12.2. The molecule has 1 atom stereocenters. The summed E-state index contributed by atoms with van der Waals surface area (Å²) in [5.41, 5.74) is 2.03. The molecular weight excluding hydrogens is 304 g/mol. The molecule has 0 aliphatic rings. The molecule has 0 N–H and O–H groups in total. The first-order chi connectivity index (χ1) is 11.4. The van der Waals surface area contributed by atoms with Crippen molar-refractivity contribution in [1.29, 1.82) is 0 Å². The lowest BCUT2D eigenvalue weighted by molar-refractivity contribution is -0.139. The average Bonchev–Trinajstić information content (AvgIpc) is 2.52. The van der Waals surface area contributed by atoms with Crippen LogP contribution in [-0.4, -0.2) is 18.5 Å². The van der Waals surface area contributed by atoms with E-state index in [1.165, 1.54) is 0 Å². The van der Waals surface area contributed by atoms with Gasteiger partial charge in [0.1, 0.15) is 5.75 Å². The fourth-order valence-corrected chi connectivity index (χ4v) is 2.42. The van der Waals surface area contributed by atoms with Crippen LogP contribution in [0.3, 0.4) is 0 Å². The lowest BCUT2D eigenvalue weighted by Crippen LogP contribution is -2.13. The Bertz CT molecular complexity index is 555. The van der Waals surface area contributed by atoms with Crippen LogP contribution in [0.15, 0.2) is 30.4 Å². The van der Waals surface area contributed by atoms with Gasteiger partial charge in [-0.3, -0.25) is 0 Å². The topological polar surface area (TPSA) is 52.6 Å². The highest BCUT2D eigenvalue weighted by Crippen LogP contribution is 2.16. The molecule has 0 aliphatic carbocycles.